The zero-order valence-electron chi connectivity index (χ0n) is 12.4. The molecule has 0 atom stereocenters. The van der Waals surface area contributed by atoms with Crippen LogP contribution in [0, 0.1) is 21.4 Å². The molecule has 2 aromatic carbocycles. The lowest BCUT2D eigenvalue weighted by atomic mass is 10.0. The third-order valence-corrected chi connectivity index (χ3v) is 3.74. The quantitative estimate of drug-likeness (QED) is 0.414. The molecule has 1 heterocycles. The molecule has 3 aromatic rings. The van der Waals surface area contributed by atoms with Gasteiger partial charge in [-0.3, -0.25) is 10.1 Å². The first-order valence-electron chi connectivity index (χ1n) is 7.01. The normalized spacial score (nSPS) is 11.4. The van der Waals surface area contributed by atoms with E-state index in [0.29, 0.717) is 11.1 Å². The van der Waals surface area contributed by atoms with E-state index in [1.54, 1.807) is 12.1 Å². The van der Waals surface area contributed by atoms with Gasteiger partial charge in [0.1, 0.15) is 0 Å². The molecular formula is C18H13N3O2. The van der Waals surface area contributed by atoms with Crippen LogP contribution < -0.4 is 0 Å². The number of para-hydroxylation sites is 1. The molecule has 0 radical (unpaired) electrons. The van der Waals surface area contributed by atoms with Gasteiger partial charge in [0.25, 0.3) is 5.69 Å². The van der Waals surface area contributed by atoms with Crippen molar-refractivity contribution in [3.05, 3.63) is 76.0 Å². The van der Waals surface area contributed by atoms with Crippen LogP contribution in [0.25, 0.3) is 22.6 Å². The Morgan fingerprint density at radius 1 is 1.22 bits per heavy atom. The smallest absolute Gasteiger partial charge is 0.269 e. The SMILES string of the molecule is Cn1cc(/C=C(/C#N)c2ccc([N+](=O)[O-])cc2)c2ccccc21. The molecule has 0 fully saturated rings. The molecule has 0 saturated heterocycles. The van der Waals surface area contributed by atoms with Crippen LogP contribution in [-0.2, 0) is 7.05 Å². The van der Waals surface area contributed by atoms with E-state index in [-0.39, 0.29) is 5.69 Å². The van der Waals surface area contributed by atoms with Crippen LogP contribution in [0.15, 0.2) is 54.7 Å². The standard InChI is InChI=1S/C18H13N3O2/c1-20-12-15(17-4-2-3-5-18(17)20)10-14(11-19)13-6-8-16(9-7-13)21(22)23/h2-10,12H,1H3/b14-10-. The summed E-state index contributed by atoms with van der Waals surface area (Å²) in [6, 6.07) is 16.1. The summed E-state index contributed by atoms with van der Waals surface area (Å²) >= 11 is 0. The Labute approximate surface area is 132 Å². The van der Waals surface area contributed by atoms with Gasteiger partial charge < -0.3 is 4.57 Å². The molecule has 0 N–H and O–H groups in total. The average Bonchev–Trinajstić information content (AvgIpc) is 2.89. The third kappa shape index (κ3) is 2.70. The van der Waals surface area contributed by atoms with Crippen molar-refractivity contribution in [3.63, 3.8) is 0 Å². The van der Waals surface area contributed by atoms with Crippen molar-refractivity contribution in [2.45, 2.75) is 0 Å². The summed E-state index contributed by atoms with van der Waals surface area (Å²) in [6.45, 7) is 0. The summed E-state index contributed by atoms with van der Waals surface area (Å²) in [5, 5.41) is 21.2. The number of fused-ring (bicyclic) bond motifs is 1. The Hall–Kier alpha value is -3.39. The third-order valence-electron chi connectivity index (χ3n) is 3.74. The molecule has 0 spiro atoms. The molecule has 0 aliphatic carbocycles. The highest BCUT2D eigenvalue weighted by Gasteiger charge is 2.09. The van der Waals surface area contributed by atoms with Crippen LogP contribution in [0.4, 0.5) is 5.69 Å². The van der Waals surface area contributed by atoms with Crippen molar-refractivity contribution in [1.82, 2.24) is 4.57 Å². The summed E-state index contributed by atoms with van der Waals surface area (Å²) in [7, 11) is 1.96. The molecule has 0 aliphatic rings. The van der Waals surface area contributed by atoms with Gasteiger partial charge in [0.15, 0.2) is 0 Å². The van der Waals surface area contributed by atoms with E-state index in [9.17, 15) is 15.4 Å². The van der Waals surface area contributed by atoms with Crippen molar-refractivity contribution in [1.29, 1.82) is 5.26 Å². The summed E-state index contributed by atoms with van der Waals surface area (Å²) in [5.74, 6) is 0. The van der Waals surface area contributed by atoms with Crippen molar-refractivity contribution >= 4 is 28.2 Å². The number of nitro groups is 1. The number of nitriles is 1. The molecule has 3 rings (SSSR count). The number of hydrogen-bond donors (Lipinski definition) is 0. The minimum atomic E-state index is -0.454. The summed E-state index contributed by atoms with van der Waals surface area (Å²) in [6.07, 6.45) is 3.77. The second kappa shape index (κ2) is 5.78. The minimum Gasteiger partial charge on any atom is -0.350 e. The van der Waals surface area contributed by atoms with E-state index < -0.39 is 4.92 Å². The lowest BCUT2D eigenvalue weighted by Crippen LogP contribution is -1.88. The van der Waals surface area contributed by atoms with Gasteiger partial charge in [-0.15, -0.1) is 0 Å². The maximum atomic E-state index is 10.7. The number of nitrogens with zero attached hydrogens (tertiary/aromatic N) is 3. The second-order valence-corrected chi connectivity index (χ2v) is 5.19. The first-order valence-corrected chi connectivity index (χ1v) is 7.01. The predicted octanol–water partition coefficient (Wildman–Crippen LogP) is 4.15. The molecule has 0 amide bonds. The Morgan fingerprint density at radius 2 is 1.91 bits per heavy atom. The number of nitro benzene ring substituents is 1. The molecule has 112 valence electrons. The second-order valence-electron chi connectivity index (χ2n) is 5.19. The number of aryl methyl sites for hydroxylation is 1. The van der Waals surface area contributed by atoms with Crippen LogP contribution in [0.1, 0.15) is 11.1 Å². The molecule has 0 aliphatic heterocycles. The van der Waals surface area contributed by atoms with Crippen LogP contribution in [-0.4, -0.2) is 9.49 Å². The Morgan fingerprint density at radius 3 is 2.57 bits per heavy atom. The number of aromatic nitrogens is 1. The number of hydrogen-bond acceptors (Lipinski definition) is 3. The summed E-state index contributed by atoms with van der Waals surface area (Å²) < 4.78 is 2.01. The van der Waals surface area contributed by atoms with E-state index >= 15 is 0 Å². The number of allylic oxidation sites excluding steroid dienone is 1. The number of rotatable bonds is 3. The van der Waals surface area contributed by atoms with Gasteiger partial charge in [0.05, 0.1) is 16.6 Å². The molecule has 0 bridgehead atoms. The van der Waals surface area contributed by atoms with Gasteiger partial charge in [0, 0.05) is 41.8 Å². The van der Waals surface area contributed by atoms with Crippen molar-refractivity contribution in [3.8, 4) is 6.07 Å². The van der Waals surface area contributed by atoms with Crippen molar-refractivity contribution in [2.24, 2.45) is 7.05 Å². The summed E-state index contributed by atoms with van der Waals surface area (Å²) in [4.78, 5) is 10.3. The van der Waals surface area contributed by atoms with Gasteiger partial charge >= 0.3 is 0 Å². The van der Waals surface area contributed by atoms with Gasteiger partial charge in [-0.25, -0.2) is 0 Å². The van der Waals surface area contributed by atoms with Crippen molar-refractivity contribution in [2.75, 3.05) is 0 Å². The molecular weight excluding hydrogens is 290 g/mol. The summed E-state index contributed by atoms with van der Waals surface area (Å²) in [5.41, 5.74) is 3.16. The molecule has 5 heteroatoms. The van der Waals surface area contributed by atoms with Crippen LogP contribution >= 0.6 is 0 Å². The highest BCUT2D eigenvalue weighted by atomic mass is 16.6. The topological polar surface area (TPSA) is 71.9 Å². The first kappa shape index (κ1) is 14.5. The highest BCUT2D eigenvalue weighted by Crippen LogP contribution is 2.26. The molecule has 1 aromatic heterocycles. The average molecular weight is 303 g/mol. The fourth-order valence-corrected chi connectivity index (χ4v) is 2.59. The van der Waals surface area contributed by atoms with E-state index in [0.717, 1.165) is 16.5 Å². The van der Waals surface area contributed by atoms with E-state index in [2.05, 4.69) is 6.07 Å². The van der Waals surface area contributed by atoms with Crippen LogP contribution in [0.5, 0.6) is 0 Å². The largest absolute Gasteiger partial charge is 0.350 e. The van der Waals surface area contributed by atoms with Crippen LogP contribution in [0.2, 0.25) is 0 Å². The Balaban J connectivity index is 2.08. The van der Waals surface area contributed by atoms with Gasteiger partial charge in [-0.2, -0.15) is 5.26 Å². The van der Waals surface area contributed by atoms with Crippen LogP contribution in [0.3, 0.4) is 0 Å². The van der Waals surface area contributed by atoms with E-state index in [1.165, 1.54) is 12.1 Å². The van der Waals surface area contributed by atoms with Gasteiger partial charge in [-0.1, -0.05) is 18.2 Å². The lowest BCUT2D eigenvalue weighted by molar-refractivity contribution is -0.384. The van der Waals surface area contributed by atoms with Crippen molar-refractivity contribution < 1.29 is 4.92 Å². The maximum absolute atomic E-state index is 10.7. The molecule has 23 heavy (non-hydrogen) atoms. The van der Waals surface area contributed by atoms with E-state index in [4.69, 9.17) is 0 Å². The Kier molecular flexibility index (Phi) is 3.65. The highest BCUT2D eigenvalue weighted by molar-refractivity contribution is 5.98. The monoisotopic (exact) mass is 303 g/mol. The fraction of sp³-hybridized carbons (Fsp3) is 0.0556. The fourth-order valence-electron chi connectivity index (χ4n) is 2.59. The Bertz CT molecular complexity index is 960. The predicted molar refractivity (Wildman–Crippen MR) is 89.5 cm³/mol. The van der Waals surface area contributed by atoms with Gasteiger partial charge in [-0.05, 0) is 29.8 Å². The lowest BCUT2D eigenvalue weighted by Gasteiger charge is -1.99. The molecule has 0 saturated carbocycles. The number of non-ortho nitro benzene ring substituents is 1. The minimum absolute atomic E-state index is 0.0104. The number of benzene rings is 2. The zero-order valence-corrected chi connectivity index (χ0v) is 12.4. The van der Waals surface area contributed by atoms with E-state index in [1.807, 2.05) is 48.2 Å². The molecule has 5 nitrogen and oxygen atoms in total. The first-order chi connectivity index (χ1) is 11.1. The maximum Gasteiger partial charge on any atom is 0.269 e. The zero-order chi connectivity index (χ0) is 16.4. The van der Waals surface area contributed by atoms with Gasteiger partial charge in [0.2, 0.25) is 0 Å². The molecule has 0 unspecified atom stereocenters.